The van der Waals surface area contributed by atoms with Gasteiger partial charge in [-0.1, -0.05) is 20.3 Å². The van der Waals surface area contributed by atoms with E-state index < -0.39 is 0 Å². The Hall–Kier alpha value is -3.63. The van der Waals surface area contributed by atoms with Crippen LogP contribution in [0.1, 0.15) is 38.7 Å². The molecule has 0 spiro atoms. The number of piperidine rings is 1. The Labute approximate surface area is 232 Å². The summed E-state index contributed by atoms with van der Waals surface area (Å²) in [4.78, 5) is 43.0. The van der Waals surface area contributed by atoms with Gasteiger partial charge in [-0.05, 0) is 76.4 Å². The van der Waals surface area contributed by atoms with E-state index in [1.807, 2.05) is 38.1 Å². The molecule has 2 N–H and O–H groups in total. The summed E-state index contributed by atoms with van der Waals surface area (Å²) >= 11 is 0. The van der Waals surface area contributed by atoms with Crippen molar-refractivity contribution in [2.75, 3.05) is 70.4 Å². The van der Waals surface area contributed by atoms with Gasteiger partial charge in [0.15, 0.2) is 5.82 Å². The molecule has 1 amide bonds. The summed E-state index contributed by atoms with van der Waals surface area (Å²) in [6.45, 7) is 10.7. The van der Waals surface area contributed by atoms with Crippen LogP contribution in [-0.2, 0) is 14.4 Å². The Morgan fingerprint density at radius 2 is 1.54 bits per heavy atom. The average molecular weight is 542 g/mol. The van der Waals surface area contributed by atoms with E-state index in [1.54, 1.807) is 18.3 Å². The van der Waals surface area contributed by atoms with Gasteiger partial charge in [0, 0.05) is 45.1 Å². The minimum Gasteiger partial charge on any atom is -0.369 e. The number of hydroxylamine groups is 1. The van der Waals surface area contributed by atoms with Gasteiger partial charge in [-0.3, -0.25) is 10.0 Å². The van der Waals surface area contributed by atoms with Crippen molar-refractivity contribution in [3.8, 4) is 0 Å². The van der Waals surface area contributed by atoms with Crippen molar-refractivity contribution in [1.82, 2.24) is 20.1 Å². The molecule has 3 heterocycles. The Kier molecular flexibility index (Phi) is 16.6. The third-order valence-electron chi connectivity index (χ3n) is 6.08. The van der Waals surface area contributed by atoms with Gasteiger partial charge in [-0.15, -0.1) is 0 Å². The summed E-state index contributed by atoms with van der Waals surface area (Å²) in [5.74, 6) is 0.626. The molecule has 11 heteroatoms. The van der Waals surface area contributed by atoms with E-state index in [9.17, 15) is 10.0 Å². The second kappa shape index (κ2) is 19.4. The Balaban J connectivity index is 0.000000530. The first-order valence-corrected chi connectivity index (χ1v) is 13.3. The van der Waals surface area contributed by atoms with Gasteiger partial charge in [-0.2, -0.15) is 9.59 Å². The second-order valence-corrected chi connectivity index (χ2v) is 8.87. The van der Waals surface area contributed by atoms with Crippen LogP contribution in [-0.4, -0.2) is 98.8 Å². The van der Waals surface area contributed by atoms with E-state index in [2.05, 4.69) is 44.1 Å². The van der Waals surface area contributed by atoms with Crippen LogP contribution in [0.3, 0.4) is 0 Å². The molecular weight excluding hydrogens is 498 g/mol. The predicted molar refractivity (Wildman–Crippen MR) is 154 cm³/mol. The molecule has 2 aliphatic heterocycles. The lowest BCUT2D eigenvalue weighted by atomic mass is 10.1. The first-order valence-electron chi connectivity index (χ1n) is 13.3. The van der Waals surface area contributed by atoms with Crippen molar-refractivity contribution >= 4 is 35.6 Å². The fourth-order valence-electron chi connectivity index (χ4n) is 4.05. The number of hydrogen-bond acceptors (Lipinski definition) is 10. The number of benzene rings is 1. The molecule has 0 aliphatic carbocycles. The number of nitrogens with one attached hydrogen (secondary N) is 1. The molecule has 0 atom stereocenters. The first kappa shape index (κ1) is 33.4. The van der Waals surface area contributed by atoms with Crippen molar-refractivity contribution in [3.63, 3.8) is 0 Å². The Morgan fingerprint density at radius 3 is 2.03 bits per heavy atom. The number of hydrogen-bond donors (Lipinski definition) is 2. The molecule has 4 rings (SSSR count). The summed E-state index contributed by atoms with van der Waals surface area (Å²) in [7, 11) is 5.79. The minimum atomic E-state index is 0.250. The van der Waals surface area contributed by atoms with E-state index in [1.165, 1.54) is 39.4 Å². The molecule has 2 aromatic rings. The highest BCUT2D eigenvalue weighted by atomic mass is 16.5. The molecule has 2 saturated heterocycles. The summed E-state index contributed by atoms with van der Waals surface area (Å²) in [6, 6.07) is 11.4. The molecule has 39 heavy (non-hydrogen) atoms. The highest BCUT2D eigenvalue weighted by Crippen LogP contribution is 2.23. The average Bonchev–Trinajstić information content (AvgIpc) is 2.96. The number of aliphatic imine (C=N–C) groups is 1. The lowest BCUT2D eigenvalue weighted by Crippen LogP contribution is -2.44. The van der Waals surface area contributed by atoms with E-state index in [4.69, 9.17) is 9.59 Å². The van der Waals surface area contributed by atoms with Gasteiger partial charge in [-0.25, -0.2) is 15.0 Å². The number of likely N-dealkylation sites (tertiary alicyclic amines) is 1. The Morgan fingerprint density at radius 1 is 0.974 bits per heavy atom. The number of likely N-dealkylation sites (N-methyl/N-ethyl adjacent to an activating group) is 1. The van der Waals surface area contributed by atoms with Crippen LogP contribution in [0.4, 0.5) is 17.2 Å². The van der Waals surface area contributed by atoms with Crippen molar-refractivity contribution in [2.45, 2.75) is 33.1 Å². The number of amides is 1. The number of piperazine rings is 1. The number of nitrogens with zero attached hydrogens (tertiary/aromatic N) is 6. The molecule has 11 nitrogen and oxygen atoms in total. The fourth-order valence-corrected chi connectivity index (χ4v) is 4.05. The molecule has 2 aliphatic rings. The molecule has 1 aromatic heterocycles. The minimum absolute atomic E-state index is 0.250. The van der Waals surface area contributed by atoms with Gasteiger partial charge in [0.1, 0.15) is 5.84 Å². The molecule has 0 radical (unpaired) electrons. The van der Waals surface area contributed by atoms with Crippen LogP contribution >= 0.6 is 0 Å². The lowest BCUT2D eigenvalue weighted by Gasteiger charge is -2.34. The zero-order valence-corrected chi connectivity index (χ0v) is 23.8. The van der Waals surface area contributed by atoms with Gasteiger partial charge in [0.05, 0.1) is 11.3 Å². The topological polar surface area (TPSA) is 122 Å². The van der Waals surface area contributed by atoms with E-state index in [-0.39, 0.29) is 6.15 Å². The quantitative estimate of drug-likeness (QED) is 0.255. The van der Waals surface area contributed by atoms with Crippen molar-refractivity contribution < 1.29 is 19.6 Å². The highest BCUT2D eigenvalue weighted by Gasteiger charge is 2.15. The van der Waals surface area contributed by atoms with E-state index >= 15 is 0 Å². The number of amidine groups is 1. The third-order valence-corrected chi connectivity index (χ3v) is 6.08. The maximum Gasteiger partial charge on any atom is 0.373 e. The normalized spacial score (nSPS) is 15.6. The van der Waals surface area contributed by atoms with Crippen molar-refractivity contribution in [2.24, 2.45) is 4.99 Å². The smallest absolute Gasteiger partial charge is 0.369 e. The third kappa shape index (κ3) is 12.2. The number of anilines is 2. The SMILES string of the molecule is CC.CN1CCCCC1.CN1CCN(c2ccc(N=C(NC=O)c3cccnc3N(C)O)cc2)CC1.O=C=O. The summed E-state index contributed by atoms with van der Waals surface area (Å²) in [6.07, 6.45) is 6.65. The molecule has 0 bridgehead atoms. The maximum atomic E-state index is 11.0. The predicted octanol–water partition coefficient (Wildman–Crippen LogP) is 3.03. The van der Waals surface area contributed by atoms with Crippen molar-refractivity contribution in [1.29, 1.82) is 0 Å². The molecular formula is C28H43N7O4. The molecule has 2 fully saturated rings. The highest BCUT2D eigenvalue weighted by molar-refractivity contribution is 6.08. The van der Waals surface area contributed by atoms with Gasteiger partial charge < -0.3 is 20.0 Å². The molecule has 0 saturated carbocycles. The van der Waals surface area contributed by atoms with Gasteiger partial charge in [0.2, 0.25) is 6.41 Å². The first-order chi connectivity index (χ1) is 18.9. The van der Waals surface area contributed by atoms with Gasteiger partial charge >= 0.3 is 6.15 Å². The second-order valence-electron chi connectivity index (χ2n) is 8.87. The van der Waals surface area contributed by atoms with Gasteiger partial charge in [0.25, 0.3) is 0 Å². The number of pyridine rings is 1. The number of carbonyl (C=O) groups is 1. The zero-order chi connectivity index (χ0) is 29.0. The lowest BCUT2D eigenvalue weighted by molar-refractivity contribution is -0.191. The van der Waals surface area contributed by atoms with E-state index in [0.717, 1.165) is 36.9 Å². The van der Waals surface area contributed by atoms with Crippen LogP contribution in [0.15, 0.2) is 47.6 Å². The monoisotopic (exact) mass is 541 g/mol. The number of carbonyl (C=O) groups excluding carboxylic acids is 3. The number of rotatable bonds is 5. The largest absolute Gasteiger partial charge is 0.373 e. The molecule has 214 valence electrons. The van der Waals surface area contributed by atoms with Crippen LogP contribution in [0, 0.1) is 0 Å². The van der Waals surface area contributed by atoms with E-state index in [0.29, 0.717) is 29.3 Å². The maximum absolute atomic E-state index is 11.0. The summed E-state index contributed by atoms with van der Waals surface area (Å²) in [5, 5.41) is 13.3. The van der Waals surface area contributed by atoms with Crippen LogP contribution in [0.25, 0.3) is 0 Å². The summed E-state index contributed by atoms with van der Waals surface area (Å²) in [5.41, 5.74) is 2.38. The number of aromatic nitrogens is 1. The van der Waals surface area contributed by atoms with Crippen LogP contribution in [0.2, 0.25) is 0 Å². The zero-order valence-electron chi connectivity index (χ0n) is 23.8. The standard InChI is InChI=1S/C19H24N6O2.C6H13N.C2H6.CO2/c1-23-10-12-25(13-11-23)16-7-5-15(6-8-16)22-18(21-14-26)17-4-3-9-20-19(17)24(2)27;1-7-5-3-2-4-6-7;1-2;2-1-3/h3-9,14,27H,10-13H2,1-2H3,(H,21,22,26);2-6H2,1H3;1-2H3;. The fraction of sp³-hybridized carbons (Fsp3) is 0.500. The molecule has 0 unspecified atom stereocenters. The summed E-state index contributed by atoms with van der Waals surface area (Å²) < 4.78 is 0. The van der Waals surface area contributed by atoms with Crippen LogP contribution in [0.5, 0.6) is 0 Å². The Bertz CT molecular complexity index is 1010. The van der Waals surface area contributed by atoms with Crippen LogP contribution < -0.4 is 15.3 Å². The molecule has 1 aromatic carbocycles. The van der Waals surface area contributed by atoms with Crippen molar-refractivity contribution in [3.05, 3.63) is 48.2 Å².